The lowest BCUT2D eigenvalue weighted by molar-refractivity contribution is 0.101. The Morgan fingerprint density at radius 1 is 1.25 bits per heavy atom. The lowest BCUT2D eigenvalue weighted by atomic mass is 10.1. The summed E-state index contributed by atoms with van der Waals surface area (Å²) in [5.74, 6) is -0.0217. The fourth-order valence-electron chi connectivity index (χ4n) is 2.11. The van der Waals surface area contributed by atoms with Gasteiger partial charge in [-0.3, -0.25) is 4.79 Å². The highest BCUT2D eigenvalue weighted by Gasteiger charge is 2.08. The van der Waals surface area contributed by atoms with Crippen molar-refractivity contribution in [3.8, 4) is 0 Å². The average molecular weight is 289 g/mol. The van der Waals surface area contributed by atoms with Gasteiger partial charge in [-0.25, -0.2) is 0 Å². The second-order valence-corrected chi connectivity index (χ2v) is 5.25. The highest BCUT2D eigenvalue weighted by molar-refractivity contribution is 6.30. The van der Waals surface area contributed by atoms with Crippen molar-refractivity contribution < 1.29 is 4.79 Å². The van der Waals surface area contributed by atoms with Crippen LogP contribution >= 0.6 is 11.6 Å². The molecule has 20 heavy (non-hydrogen) atoms. The number of nitrogens with zero attached hydrogens (tertiary/aromatic N) is 1. The van der Waals surface area contributed by atoms with Crippen LogP contribution in [0.2, 0.25) is 5.02 Å². The molecular weight excluding hydrogens is 272 g/mol. The number of hydrogen-bond acceptors (Lipinski definition) is 3. The van der Waals surface area contributed by atoms with E-state index in [0.29, 0.717) is 11.3 Å². The van der Waals surface area contributed by atoms with Gasteiger partial charge in [0.15, 0.2) is 5.78 Å². The summed E-state index contributed by atoms with van der Waals surface area (Å²) in [7, 11) is 1.98. The number of ketones is 1. The molecule has 0 atom stereocenters. The predicted octanol–water partition coefficient (Wildman–Crippen LogP) is 3.76. The Balaban J connectivity index is 2.19. The molecule has 0 amide bonds. The van der Waals surface area contributed by atoms with E-state index in [1.807, 2.05) is 43.4 Å². The molecule has 104 valence electrons. The molecule has 0 aliphatic carbocycles. The van der Waals surface area contributed by atoms with Crippen LogP contribution in [0.3, 0.4) is 0 Å². The highest BCUT2D eigenvalue weighted by atomic mass is 35.5. The number of benzene rings is 2. The Morgan fingerprint density at radius 3 is 2.60 bits per heavy atom. The smallest absolute Gasteiger partial charge is 0.161 e. The van der Waals surface area contributed by atoms with Gasteiger partial charge in [0, 0.05) is 35.6 Å². The molecule has 0 heterocycles. The van der Waals surface area contributed by atoms with Crippen LogP contribution in [0.5, 0.6) is 0 Å². The van der Waals surface area contributed by atoms with E-state index < -0.39 is 0 Å². The van der Waals surface area contributed by atoms with Gasteiger partial charge in [-0.2, -0.15) is 0 Å². The second kappa shape index (κ2) is 5.97. The number of nitrogen functional groups attached to an aromatic ring is 1. The summed E-state index contributed by atoms with van der Waals surface area (Å²) in [6, 6.07) is 13.2. The van der Waals surface area contributed by atoms with Gasteiger partial charge in [-0.1, -0.05) is 23.7 Å². The van der Waals surface area contributed by atoms with Crippen molar-refractivity contribution in [1.29, 1.82) is 0 Å². The third-order valence-corrected chi connectivity index (χ3v) is 3.40. The van der Waals surface area contributed by atoms with Crippen molar-refractivity contribution in [2.45, 2.75) is 13.5 Å². The minimum atomic E-state index is -0.0217. The fraction of sp³-hybridized carbons (Fsp3) is 0.188. The van der Waals surface area contributed by atoms with Crippen molar-refractivity contribution in [3.05, 3.63) is 58.6 Å². The number of hydrogen-bond donors (Lipinski definition) is 1. The number of carbonyl (C=O) groups excluding carboxylic acids is 1. The van der Waals surface area contributed by atoms with Crippen LogP contribution in [-0.4, -0.2) is 12.8 Å². The quantitative estimate of drug-likeness (QED) is 0.688. The highest BCUT2D eigenvalue weighted by Crippen LogP contribution is 2.23. The summed E-state index contributed by atoms with van der Waals surface area (Å²) >= 11 is 5.98. The second-order valence-electron chi connectivity index (χ2n) is 4.81. The Bertz CT molecular complexity index is 640. The minimum Gasteiger partial charge on any atom is -0.398 e. The van der Waals surface area contributed by atoms with E-state index in [1.54, 1.807) is 6.07 Å². The van der Waals surface area contributed by atoms with Gasteiger partial charge in [-0.15, -0.1) is 0 Å². The molecule has 0 saturated heterocycles. The van der Waals surface area contributed by atoms with Crippen LogP contribution in [0, 0.1) is 0 Å². The zero-order valence-corrected chi connectivity index (χ0v) is 12.3. The molecule has 0 bridgehead atoms. The standard InChI is InChI=1S/C16H17ClN2O/c1-11(20)15-7-6-14(9-16(15)18)19(2)10-12-4-3-5-13(17)8-12/h3-9H,10,18H2,1-2H3. The molecule has 2 rings (SSSR count). The molecule has 2 aromatic carbocycles. The van der Waals surface area contributed by atoms with Gasteiger partial charge in [0.2, 0.25) is 0 Å². The maximum absolute atomic E-state index is 11.4. The number of anilines is 2. The van der Waals surface area contributed by atoms with Gasteiger partial charge >= 0.3 is 0 Å². The number of nitrogens with two attached hydrogens (primary N) is 1. The van der Waals surface area contributed by atoms with Crippen molar-refractivity contribution in [2.75, 3.05) is 17.7 Å². The normalized spacial score (nSPS) is 10.3. The topological polar surface area (TPSA) is 46.3 Å². The van der Waals surface area contributed by atoms with Crippen molar-refractivity contribution in [3.63, 3.8) is 0 Å². The van der Waals surface area contributed by atoms with Crippen LogP contribution in [0.1, 0.15) is 22.8 Å². The van der Waals surface area contributed by atoms with Crippen molar-refractivity contribution >= 4 is 28.8 Å². The first-order chi connectivity index (χ1) is 9.47. The minimum absolute atomic E-state index is 0.0217. The van der Waals surface area contributed by atoms with Crippen molar-refractivity contribution in [2.24, 2.45) is 0 Å². The molecule has 2 aromatic rings. The maximum atomic E-state index is 11.4. The SMILES string of the molecule is CC(=O)c1ccc(N(C)Cc2cccc(Cl)c2)cc1N. The molecule has 0 radical (unpaired) electrons. The molecule has 0 fully saturated rings. The van der Waals surface area contributed by atoms with Gasteiger partial charge in [0.05, 0.1) is 0 Å². The van der Waals surface area contributed by atoms with E-state index >= 15 is 0 Å². The Labute approximate surface area is 124 Å². The van der Waals surface area contributed by atoms with Gasteiger partial charge in [-0.05, 0) is 42.8 Å². The Morgan fingerprint density at radius 2 is 2.00 bits per heavy atom. The zero-order chi connectivity index (χ0) is 14.7. The first kappa shape index (κ1) is 14.4. The molecule has 0 spiro atoms. The van der Waals surface area contributed by atoms with E-state index in [-0.39, 0.29) is 5.78 Å². The van der Waals surface area contributed by atoms with Crippen LogP contribution < -0.4 is 10.6 Å². The van der Waals surface area contributed by atoms with Crippen LogP contribution in [0.4, 0.5) is 11.4 Å². The average Bonchev–Trinajstić information content (AvgIpc) is 2.38. The van der Waals surface area contributed by atoms with E-state index in [1.165, 1.54) is 6.92 Å². The lowest BCUT2D eigenvalue weighted by Crippen LogP contribution is -2.16. The maximum Gasteiger partial charge on any atom is 0.161 e. The predicted molar refractivity (Wildman–Crippen MR) is 84.4 cm³/mol. The summed E-state index contributed by atoms with van der Waals surface area (Å²) < 4.78 is 0. The molecule has 3 nitrogen and oxygen atoms in total. The Hall–Kier alpha value is -2.00. The molecule has 2 N–H and O–H groups in total. The molecule has 0 aliphatic rings. The molecule has 0 saturated carbocycles. The molecular formula is C16H17ClN2O. The van der Waals surface area contributed by atoms with Crippen LogP contribution in [0.25, 0.3) is 0 Å². The first-order valence-corrected chi connectivity index (χ1v) is 6.71. The van der Waals surface area contributed by atoms with Crippen LogP contribution in [0.15, 0.2) is 42.5 Å². The number of Topliss-reactive ketones (excluding diaryl/α,β-unsaturated/α-hetero) is 1. The summed E-state index contributed by atoms with van der Waals surface area (Å²) in [5, 5.41) is 0.724. The van der Waals surface area contributed by atoms with Crippen molar-refractivity contribution in [1.82, 2.24) is 0 Å². The van der Waals surface area contributed by atoms with E-state index in [0.717, 1.165) is 22.8 Å². The van der Waals surface area contributed by atoms with Gasteiger partial charge in [0.1, 0.15) is 0 Å². The van der Waals surface area contributed by atoms with Gasteiger partial charge < -0.3 is 10.6 Å². The summed E-state index contributed by atoms with van der Waals surface area (Å²) in [4.78, 5) is 13.4. The fourth-order valence-corrected chi connectivity index (χ4v) is 2.32. The summed E-state index contributed by atoms with van der Waals surface area (Å²) in [5.41, 5.74) is 9.06. The van der Waals surface area contributed by atoms with E-state index in [9.17, 15) is 4.79 Å². The third-order valence-electron chi connectivity index (χ3n) is 3.16. The molecule has 0 aliphatic heterocycles. The molecule has 0 aromatic heterocycles. The number of rotatable bonds is 4. The first-order valence-electron chi connectivity index (χ1n) is 6.33. The van der Waals surface area contributed by atoms with Gasteiger partial charge in [0.25, 0.3) is 0 Å². The number of carbonyl (C=O) groups is 1. The van der Waals surface area contributed by atoms with E-state index in [4.69, 9.17) is 17.3 Å². The van der Waals surface area contributed by atoms with E-state index in [2.05, 4.69) is 4.90 Å². The summed E-state index contributed by atoms with van der Waals surface area (Å²) in [6.45, 7) is 2.24. The zero-order valence-electron chi connectivity index (χ0n) is 11.6. The number of halogens is 1. The lowest BCUT2D eigenvalue weighted by Gasteiger charge is -2.20. The summed E-state index contributed by atoms with van der Waals surface area (Å²) in [6.07, 6.45) is 0. The molecule has 4 heteroatoms. The third kappa shape index (κ3) is 3.31. The molecule has 0 unspecified atom stereocenters. The monoisotopic (exact) mass is 288 g/mol. The largest absolute Gasteiger partial charge is 0.398 e. The Kier molecular flexibility index (Phi) is 4.30. The van der Waals surface area contributed by atoms with Crippen LogP contribution in [-0.2, 0) is 6.54 Å².